The Kier molecular flexibility index (Phi) is 3.93. The van der Waals surface area contributed by atoms with E-state index in [0.29, 0.717) is 12.1 Å². The Bertz CT molecular complexity index is 362. The summed E-state index contributed by atoms with van der Waals surface area (Å²) in [6, 6.07) is 11.9. The van der Waals surface area contributed by atoms with Crippen molar-refractivity contribution in [3.63, 3.8) is 0 Å². The van der Waals surface area contributed by atoms with Gasteiger partial charge in [-0.2, -0.15) is 0 Å². The molecule has 98 valence electrons. The van der Waals surface area contributed by atoms with Gasteiger partial charge in [0.2, 0.25) is 0 Å². The summed E-state index contributed by atoms with van der Waals surface area (Å²) in [4.78, 5) is 2.59. The van der Waals surface area contributed by atoms with Gasteiger partial charge in [-0.25, -0.2) is 0 Å². The average molecular weight is 246 g/mol. The fraction of sp³-hybridized carbons (Fsp3) is 0.600. The second-order valence-electron chi connectivity index (χ2n) is 5.30. The summed E-state index contributed by atoms with van der Waals surface area (Å²) in [6.45, 7) is 5.02. The SMILES string of the molecule is c1ccc(CN2CCOCC2C2CCCN2)cc1. The van der Waals surface area contributed by atoms with E-state index in [9.17, 15) is 0 Å². The molecule has 0 amide bonds. The summed E-state index contributed by atoms with van der Waals surface area (Å²) in [7, 11) is 0. The molecule has 1 aromatic rings. The Morgan fingerprint density at radius 1 is 1.28 bits per heavy atom. The van der Waals surface area contributed by atoms with Crippen molar-refractivity contribution >= 4 is 0 Å². The maximum Gasteiger partial charge on any atom is 0.0637 e. The van der Waals surface area contributed by atoms with Gasteiger partial charge in [0.1, 0.15) is 0 Å². The molecule has 3 nitrogen and oxygen atoms in total. The number of morpholine rings is 1. The Morgan fingerprint density at radius 2 is 2.17 bits per heavy atom. The van der Waals surface area contributed by atoms with E-state index in [1.165, 1.54) is 24.9 Å². The molecule has 2 fully saturated rings. The standard InChI is InChI=1S/C15H22N2O/c1-2-5-13(6-3-1)11-17-9-10-18-12-15(17)14-7-4-8-16-14/h1-3,5-6,14-16H,4,7-12H2. The van der Waals surface area contributed by atoms with Crippen molar-refractivity contribution in [3.8, 4) is 0 Å². The minimum atomic E-state index is 0.543. The van der Waals surface area contributed by atoms with E-state index in [1.807, 2.05) is 0 Å². The summed E-state index contributed by atoms with van der Waals surface area (Å²) in [6.07, 6.45) is 2.60. The molecule has 2 aliphatic heterocycles. The van der Waals surface area contributed by atoms with Crippen LogP contribution in [0.15, 0.2) is 30.3 Å². The van der Waals surface area contributed by atoms with Crippen LogP contribution in [0.2, 0.25) is 0 Å². The number of nitrogens with one attached hydrogen (secondary N) is 1. The molecule has 1 N–H and O–H groups in total. The van der Waals surface area contributed by atoms with Crippen LogP contribution < -0.4 is 5.32 Å². The van der Waals surface area contributed by atoms with Crippen molar-refractivity contribution in [1.82, 2.24) is 10.2 Å². The molecule has 0 bridgehead atoms. The molecule has 0 saturated carbocycles. The third kappa shape index (κ3) is 2.74. The van der Waals surface area contributed by atoms with Crippen LogP contribution in [0.3, 0.4) is 0 Å². The molecule has 2 unspecified atom stereocenters. The van der Waals surface area contributed by atoms with Crippen LogP contribution in [0.4, 0.5) is 0 Å². The summed E-state index contributed by atoms with van der Waals surface area (Å²) < 4.78 is 5.68. The molecule has 3 heteroatoms. The maximum atomic E-state index is 5.68. The minimum absolute atomic E-state index is 0.543. The molecule has 0 radical (unpaired) electrons. The Labute approximate surface area is 109 Å². The minimum Gasteiger partial charge on any atom is -0.378 e. The third-order valence-electron chi connectivity index (χ3n) is 4.07. The predicted octanol–water partition coefficient (Wildman–Crippen LogP) is 1.64. The number of rotatable bonds is 3. The van der Waals surface area contributed by atoms with E-state index < -0.39 is 0 Å². The molecule has 0 aliphatic carbocycles. The highest BCUT2D eigenvalue weighted by Crippen LogP contribution is 2.20. The number of hydrogen-bond donors (Lipinski definition) is 1. The van der Waals surface area contributed by atoms with E-state index >= 15 is 0 Å². The van der Waals surface area contributed by atoms with Crippen molar-refractivity contribution < 1.29 is 4.74 Å². The smallest absolute Gasteiger partial charge is 0.0637 e. The first-order valence-corrected chi connectivity index (χ1v) is 7.02. The molecular formula is C15H22N2O. The van der Waals surface area contributed by atoms with E-state index in [1.54, 1.807) is 0 Å². The van der Waals surface area contributed by atoms with Gasteiger partial charge in [0, 0.05) is 25.2 Å². The second kappa shape index (κ2) is 5.83. The highest BCUT2D eigenvalue weighted by Gasteiger charge is 2.31. The summed E-state index contributed by atoms with van der Waals surface area (Å²) in [5.74, 6) is 0. The van der Waals surface area contributed by atoms with Crippen LogP contribution >= 0.6 is 0 Å². The molecular weight excluding hydrogens is 224 g/mol. The molecule has 0 spiro atoms. The molecule has 2 heterocycles. The van der Waals surface area contributed by atoms with E-state index in [-0.39, 0.29) is 0 Å². The van der Waals surface area contributed by atoms with Crippen molar-refractivity contribution in [2.24, 2.45) is 0 Å². The molecule has 18 heavy (non-hydrogen) atoms. The lowest BCUT2D eigenvalue weighted by molar-refractivity contribution is -0.0232. The van der Waals surface area contributed by atoms with Gasteiger partial charge in [-0.05, 0) is 24.9 Å². The third-order valence-corrected chi connectivity index (χ3v) is 4.07. The van der Waals surface area contributed by atoms with Gasteiger partial charge in [-0.3, -0.25) is 4.90 Å². The number of benzene rings is 1. The van der Waals surface area contributed by atoms with Gasteiger partial charge >= 0.3 is 0 Å². The van der Waals surface area contributed by atoms with E-state index in [2.05, 4.69) is 40.5 Å². The fourth-order valence-corrected chi connectivity index (χ4v) is 3.08. The summed E-state index contributed by atoms with van der Waals surface area (Å²) >= 11 is 0. The van der Waals surface area contributed by atoms with Gasteiger partial charge in [-0.1, -0.05) is 30.3 Å². The zero-order valence-electron chi connectivity index (χ0n) is 10.8. The zero-order chi connectivity index (χ0) is 12.2. The number of hydrogen-bond acceptors (Lipinski definition) is 3. The normalized spacial score (nSPS) is 29.6. The first-order chi connectivity index (χ1) is 8.93. The van der Waals surface area contributed by atoms with Gasteiger partial charge in [0.25, 0.3) is 0 Å². The first-order valence-electron chi connectivity index (χ1n) is 7.02. The van der Waals surface area contributed by atoms with Crippen LogP contribution in [-0.4, -0.2) is 43.3 Å². The predicted molar refractivity (Wildman–Crippen MR) is 72.5 cm³/mol. The van der Waals surface area contributed by atoms with Crippen LogP contribution in [0.1, 0.15) is 18.4 Å². The lowest BCUT2D eigenvalue weighted by Crippen LogP contribution is -2.53. The molecule has 0 aromatic heterocycles. The topological polar surface area (TPSA) is 24.5 Å². The van der Waals surface area contributed by atoms with E-state index in [4.69, 9.17) is 4.74 Å². The average Bonchev–Trinajstić information content (AvgIpc) is 2.94. The number of ether oxygens (including phenoxy) is 1. The Balaban J connectivity index is 1.67. The fourth-order valence-electron chi connectivity index (χ4n) is 3.08. The monoisotopic (exact) mass is 246 g/mol. The number of nitrogens with zero attached hydrogens (tertiary/aromatic N) is 1. The summed E-state index contributed by atoms with van der Waals surface area (Å²) in [5, 5.41) is 3.62. The van der Waals surface area contributed by atoms with E-state index in [0.717, 1.165) is 26.3 Å². The highest BCUT2D eigenvalue weighted by atomic mass is 16.5. The quantitative estimate of drug-likeness (QED) is 0.877. The molecule has 2 atom stereocenters. The molecule has 3 rings (SSSR count). The van der Waals surface area contributed by atoms with Gasteiger partial charge in [0.05, 0.1) is 13.2 Å². The molecule has 2 saturated heterocycles. The zero-order valence-corrected chi connectivity index (χ0v) is 10.8. The van der Waals surface area contributed by atoms with Crippen molar-refractivity contribution in [2.75, 3.05) is 26.3 Å². The van der Waals surface area contributed by atoms with Gasteiger partial charge < -0.3 is 10.1 Å². The van der Waals surface area contributed by atoms with Crippen LogP contribution in [0, 0.1) is 0 Å². The molecule has 1 aromatic carbocycles. The summed E-state index contributed by atoms with van der Waals surface area (Å²) in [5.41, 5.74) is 1.40. The van der Waals surface area contributed by atoms with Crippen LogP contribution in [-0.2, 0) is 11.3 Å². The van der Waals surface area contributed by atoms with Crippen LogP contribution in [0.5, 0.6) is 0 Å². The Hall–Kier alpha value is -0.900. The largest absolute Gasteiger partial charge is 0.378 e. The lowest BCUT2D eigenvalue weighted by atomic mass is 10.0. The van der Waals surface area contributed by atoms with Crippen LogP contribution in [0.25, 0.3) is 0 Å². The van der Waals surface area contributed by atoms with Gasteiger partial charge in [-0.15, -0.1) is 0 Å². The maximum absolute atomic E-state index is 5.68. The first kappa shape index (κ1) is 12.2. The van der Waals surface area contributed by atoms with Crippen molar-refractivity contribution in [1.29, 1.82) is 0 Å². The van der Waals surface area contributed by atoms with Gasteiger partial charge in [0.15, 0.2) is 0 Å². The Morgan fingerprint density at radius 3 is 2.94 bits per heavy atom. The molecule has 2 aliphatic rings. The van der Waals surface area contributed by atoms with Crippen molar-refractivity contribution in [3.05, 3.63) is 35.9 Å². The second-order valence-corrected chi connectivity index (χ2v) is 5.30. The lowest BCUT2D eigenvalue weighted by Gasteiger charge is -2.39. The highest BCUT2D eigenvalue weighted by molar-refractivity contribution is 5.15. The van der Waals surface area contributed by atoms with Crippen molar-refractivity contribution in [2.45, 2.75) is 31.5 Å².